The van der Waals surface area contributed by atoms with Crippen LogP contribution in [0.15, 0.2) is 18.2 Å². The van der Waals surface area contributed by atoms with E-state index in [2.05, 4.69) is 51.3 Å². The molecule has 1 aliphatic rings. The van der Waals surface area contributed by atoms with E-state index in [4.69, 9.17) is 21.6 Å². The van der Waals surface area contributed by atoms with E-state index >= 15 is 0 Å². The minimum absolute atomic E-state index is 0.536. The van der Waals surface area contributed by atoms with Crippen molar-refractivity contribution in [3.05, 3.63) is 28.8 Å². The number of benzene rings is 1. The number of hydrogen-bond acceptors (Lipinski definition) is 8. The van der Waals surface area contributed by atoms with E-state index in [-0.39, 0.29) is 0 Å². The average Bonchev–Trinajstić information content (AvgIpc) is 2.78. The Bertz CT molecular complexity index is 852. The zero-order valence-corrected chi connectivity index (χ0v) is 20.6. The number of rotatable bonds is 11. The molecule has 1 aromatic heterocycles. The number of hydrogen-bond donors (Lipinski definition) is 2. The molecule has 2 aromatic rings. The van der Waals surface area contributed by atoms with Gasteiger partial charge < -0.3 is 20.4 Å². The lowest BCUT2D eigenvalue weighted by Gasteiger charge is -2.35. The van der Waals surface area contributed by atoms with Crippen molar-refractivity contribution in [3.63, 3.8) is 0 Å². The molecule has 176 valence electrons. The summed E-state index contributed by atoms with van der Waals surface area (Å²) in [5.74, 6) is 1.86. The van der Waals surface area contributed by atoms with Crippen molar-refractivity contribution in [3.8, 4) is 0 Å². The molecular formula is C23H37ClN8. The second-order valence-corrected chi connectivity index (χ2v) is 9.07. The quantitative estimate of drug-likeness (QED) is 0.490. The highest BCUT2D eigenvalue weighted by atomic mass is 35.5. The molecule has 0 aliphatic carbocycles. The number of piperazine rings is 1. The lowest BCUT2D eigenvalue weighted by atomic mass is 10.2. The van der Waals surface area contributed by atoms with Crippen LogP contribution in [-0.2, 0) is 0 Å². The van der Waals surface area contributed by atoms with E-state index in [0.717, 1.165) is 63.5 Å². The third-order valence-electron chi connectivity index (χ3n) is 5.65. The van der Waals surface area contributed by atoms with E-state index in [1.165, 1.54) is 12.8 Å². The van der Waals surface area contributed by atoms with Crippen molar-refractivity contribution < 1.29 is 0 Å². The number of likely N-dealkylation sites (N-methyl/N-ethyl adjacent to an activating group) is 1. The van der Waals surface area contributed by atoms with Gasteiger partial charge in [0.15, 0.2) is 0 Å². The molecule has 1 fully saturated rings. The number of unbranched alkanes of at least 4 members (excludes halogenated alkanes) is 2. The number of nitrogens with zero attached hydrogens (tertiary/aromatic N) is 6. The van der Waals surface area contributed by atoms with Crippen molar-refractivity contribution in [1.82, 2.24) is 24.8 Å². The topological polar surface area (TPSA) is 72.5 Å². The first-order chi connectivity index (χ1) is 15.4. The molecule has 0 radical (unpaired) electrons. The molecule has 0 atom stereocenters. The maximum Gasteiger partial charge on any atom is 0.233 e. The fourth-order valence-electron chi connectivity index (χ4n) is 3.58. The van der Waals surface area contributed by atoms with Crippen LogP contribution in [0.4, 0.5) is 23.5 Å². The van der Waals surface area contributed by atoms with E-state index in [0.29, 0.717) is 22.9 Å². The maximum absolute atomic E-state index is 6.20. The van der Waals surface area contributed by atoms with E-state index in [1.54, 1.807) is 0 Å². The molecule has 9 heteroatoms. The van der Waals surface area contributed by atoms with Gasteiger partial charge in [-0.05, 0) is 45.1 Å². The molecular weight excluding hydrogens is 424 g/mol. The molecule has 32 heavy (non-hydrogen) atoms. The monoisotopic (exact) mass is 460 g/mol. The Morgan fingerprint density at radius 3 is 2.50 bits per heavy atom. The van der Waals surface area contributed by atoms with Gasteiger partial charge in [-0.3, -0.25) is 4.90 Å². The SMILES string of the molecule is CCCCCNc1nc(Nc2cc(Cl)ccc2C)nc(N2CCN(CCN(C)C)CC2)n1. The van der Waals surface area contributed by atoms with Gasteiger partial charge in [0.2, 0.25) is 17.8 Å². The first kappa shape index (κ1) is 24.5. The molecule has 2 heterocycles. The number of aryl methyl sites for hydroxylation is 1. The maximum atomic E-state index is 6.20. The molecule has 0 spiro atoms. The molecule has 1 aromatic carbocycles. The van der Waals surface area contributed by atoms with Gasteiger partial charge in [0.05, 0.1) is 0 Å². The lowest BCUT2D eigenvalue weighted by molar-refractivity contribution is 0.228. The summed E-state index contributed by atoms with van der Waals surface area (Å²) in [5, 5.41) is 7.41. The van der Waals surface area contributed by atoms with E-state index < -0.39 is 0 Å². The molecule has 0 bridgehead atoms. The van der Waals surface area contributed by atoms with E-state index in [1.807, 2.05) is 25.1 Å². The summed E-state index contributed by atoms with van der Waals surface area (Å²) in [4.78, 5) is 21.1. The predicted octanol–water partition coefficient (Wildman–Crippen LogP) is 3.86. The minimum Gasteiger partial charge on any atom is -0.354 e. The Hall–Kier alpha value is -2.16. The molecule has 3 rings (SSSR count). The van der Waals surface area contributed by atoms with Crippen LogP contribution in [-0.4, -0.2) is 84.7 Å². The van der Waals surface area contributed by atoms with Gasteiger partial charge in [0.1, 0.15) is 0 Å². The van der Waals surface area contributed by atoms with Crippen LogP contribution in [0.3, 0.4) is 0 Å². The van der Waals surface area contributed by atoms with E-state index in [9.17, 15) is 0 Å². The Balaban J connectivity index is 1.74. The van der Waals surface area contributed by atoms with Gasteiger partial charge >= 0.3 is 0 Å². The fourth-order valence-corrected chi connectivity index (χ4v) is 3.75. The molecule has 0 unspecified atom stereocenters. The van der Waals surface area contributed by atoms with Gasteiger partial charge in [-0.2, -0.15) is 15.0 Å². The molecule has 2 N–H and O–H groups in total. The minimum atomic E-state index is 0.536. The van der Waals surface area contributed by atoms with Crippen molar-refractivity contribution >= 4 is 35.1 Å². The molecule has 0 amide bonds. The second-order valence-electron chi connectivity index (χ2n) is 8.63. The van der Waals surface area contributed by atoms with Crippen LogP contribution in [0.5, 0.6) is 0 Å². The standard InChI is InChI=1S/C23H37ClN8/c1-5-6-7-10-25-21-27-22(26-20-17-19(24)9-8-18(20)2)29-23(28-21)32-15-13-31(14-16-32)12-11-30(3)4/h8-9,17H,5-7,10-16H2,1-4H3,(H2,25,26,27,28,29). The van der Waals surface area contributed by atoms with Crippen LogP contribution >= 0.6 is 11.6 Å². The molecule has 1 aliphatic heterocycles. The Labute approximate surface area is 197 Å². The van der Waals surface area contributed by atoms with Crippen LogP contribution in [0.1, 0.15) is 31.7 Å². The van der Waals surface area contributed by atoms with Gasteiger partial charge in [0.25, 0.3) is 0 Å². The largest absolute Gasteiger partial charge is 0.354 e. The Morgan fingerprint density at radius 2 is 1.78 bits per heavy atom. The van der Waals surface area contributed by atoms with Crippen LogP contribution in [0.2, 0.25) is 5.02 Å². The third-order valence-corrected chi connectivity index (χ3v) is 5.89. The second kappa shape index (κ2) is 12.2. The number of aromatic nitrogens is 3. The van der Waals surface area contributed by atoms with Crippen LogP contribution < -0.4 is 15.5 Å². The summed E-state index contributed by atoms with van der Waals surface area (Å²) in [7, 11) is 4.23. The summed E-state index contributed by atoms with van der Waals surface area (Å²) in [6.07, 6.45) is 3.47. The first-order valence-corrected chi connectivity index (χ1v) is 12.0. The highest BCUT2D eigenvalue weighted by molar-refractivity contribution is 6.30. The Kier molecular flexibility index (Phi) is 9.32. The van der Waals surface area contributed by atoms with Gasteiger partial charge in [0, 0.05) is 56.5 Å². The summed E-state index contributed by atoms with van der Waals surface area (Å²) in [6, 6.07) is 5.78. The van der Waals surface area contributed by atoms with Crippen LogP contribution in [0.25, 0.3) is 0 Å². The highest BCUT2D eigenvalue weighted by Gasteiger charge is 2.20. The lowest BCUT2D eigenvalue weighted by Crippen LogP contribution is -2.48. The third kappa shape index (κ3) is 7.46. The van der Waals surface area contributed by atoms with Crippen molar-refractivity contribution in [1.29, 1.82) is 0 Å². The highest BCUT2D eigenvalue weighted by Crippen LogP contribution is 2.24. The van der Waals surface area contributed by atoms with Crippen molar-refractivity contribution in [2.45, 2.75) is 33.1 Å². The molecule has 8 nitrogen and oxygen atoms in total. The summed E-state index contributed by atoms with van der Waals surface area (Å²) in [6.45, 7) is 11.1. The van der Waals surface area contributed by atoms with Crippen molar-refractivity contribution in [2.24, 2.45) is 0 Å². The number of halogens is 1. The Morgan fingerprint density at radius 1 is 1.03 bits per heavy atom. The van der Waals surface area contributed by atoms with Crippen molar-refractivity contribution in [2.75, 3.05) is 75.4 Å². The molecule has 0 saturated carbocycles. The van der Waals surface area contributed by atoms with Gasteiger partial charge in [-0.1, -0.05) is 37.4 Å². The summed E-state index contributed by atoms with van der Waals surface area (Å²) < 4.78 is 0. The molecule has 1 saturated heterocycles. The summed E-state index contributed by atoms with van der Waals surface area (Å²) in [5.41, 5.74) is 1.99. The van der Waals surface area contributed by atoms with Gasteiger partial charge in [-0.15, -0.1) is 0 Å². The van der Waals surface area contributed by atoms with Crippen LogP contribution in [0, 0.1) is 6.92 Å². The predicted molar refractivity (Wildman–Crippen MR) is 135 cm³/mol. The first-order valence-electron chi connectivity index (χ1n) is 11.6. The number of anilines is 4. The average molecular weight is 461 g/mol. The smallest absolute Gasteiger partial charge is 0.233 e. The zero-order valence-electron chi connectivity index (χ0n) is 19.9. The summed E-state index contributed by atoms with van der Waals surface area (Å²) >= 11 is 6.20. The van der Waals surface area contributed by atoms with Gasteiger partial charge in [-0.25, -0.2) is 0 Å². The zero-order chi connectivity index (χ0) is 22.9. The fraction of sp³-hybridized carbons (Fsp3) is 0.609. The normalized spacial score (nSPS) is 14.8. The number of nitrogens with one attached hydrogen (secondary N) is 2.